The maximum absolute atomic E-state index is 14.6. The maximum atomic E-state index is 14.6. The Kier molecular flexibility index (Phi) is 10.2. The number of hydrogen-bond acceptors (Lipinski definition) is 10. The molecule has 1 unspecified atom stereocenters. The lowest BCUT2D eigenvalue weighted by molar-refractivity contribution is -0.136. The molecule has 60 heavy (non-hydrogen) atoms. The zero-order valence-electron chi connectivity index (χ0n) is 33.7. The number of aromatic nitrogens is 2. The summed E-state index contributed by atoms with van der Waals surface area (Å²) in [4.78, 5) is 72.5. The molecule has 314 valence electrons. The van der Waals surface area contributed by atoms with Crippen molar-refractivity contribution in [3.63, 3.8) is 0 Å². The van der Waals surface area contributed by atoms with Crippen LogP contribution >= 0.6 is 0 Å². The molecule has 0 saturated carbocycles. The first-order chi connectivity index (χ1) is 28.8. The summed E-state index contributed by atoms with van der Waals surface area (Å²) in [5, 5.41) is 19.7. The largest absolute Gasteiger partial charge is 0.385 e. The van der Waals surface area contributed by atoms with Gasteiger partial charge in [0.25, 0.3) is 18.2 Å². The molecule has 1 aromatic heterocycles. The Balaban J connectivity index is 0.852. The number of amidine groups is 1. The van der Waals surface area contributed by atoms with E-state index in [4.69, 9.17) is 0 Å². The van der Waals surface area contributed by atoms with E-state index in [1.807, 2.05) is 17.0 Å². The molecular weight excluding hydrogens is 775 g/mol. The van der Waals surface area contributed by atoms with E-state index in [1.54, 1.807) is 41.2 Å². The van der Waals surface area contributed by atoms with Crippen molar-refractivity contribution in [2.75, 3.05) is 55.6 Å². The normalized spacial score (nSPS) is 21.7. The first kappa shape index (κ1) is 39.5. The monoisotopic (exact) mass is 822 g/mol. The fourth-order valence-electron chi connectivity index (χ4n) is 9.65. The first-order valence-corrected chi connectivity index (χ1v) is 20.7. The number of benzene rings is 2. The van der Waals surface area contributed by atoms with Crippen molar-refractivity contribution in [1.29, 1.82) is 5.41 Å². The molecule has 17 heteroatoms. The van der Waals surface area contributed by atoms with Crippen molar-refractivity contribution in [2.24, 2.45) is 7.05 Å². The molecule has 7 heterocycles. The molecule has 0 bridgehead atoms. The Hall–Kier alpha value is -5.97. The molecule has 3 saturated heterocycles. The second kappa shape index (κ2) is 15.6. The molecule has 3 aromatic rings. The summed E-state index contributed by atoms with van der Waals surface area (Å²) in [6.45, 7) is 6.09. The highest BCUT2D eigenvalue weighted by atomic mass is 19.3. The molecular formula is C43H48F2N10O5. The van der Waals surface area contributed by atoms with Gasteiger partial charge in [-0.2, -0.15) is 5.10 Å². The van der Waals surface area contributed by atoms with Crippen LogP contribution in [0.3, 0.4) is 0 Å². The Morgan fingerprint density at radius 1 is 0.933 bits per heavy atom. The molecule has 2 aromatic carbocycles. The third-order valence-electron chi connectivity index (χ3n) is 13.0. The van der Waals surface area contributed by atoms with E-state index in [2.05, 4.69) is 25.5 Å². The van der Waals surface area contributed by atoms with Gasteiger partial charge in [0.1, 0.15) is 11.9 Å². The molecule has 6 aliphatic heterocycles. The summed E-state index contributed by atoms with van der Waals surface area (Å²) >= 11 is 0. The molecule has 3 N–H and O–H groups in total. The number of nitrogens with zero attached hydrogens (tertiary/aromatic N) is 7. The Labute approximate surface area is 345 Å². The van der Waals surface area contributed by atoms with Gasteiger partial charge in [0.05, 0.1) is 23.9 Å². The summed E-state index contributed by atoms with van der Waals surface area (Å²) in [5.74, 6) is -1.92. The number of halogens is 2. The number of imide groups is 2. The van der Waals surface area contributed by atoms with Gasteiger partial charge in [-0.25, -0.2) is 8.78 Å². The lowest BCUT2D eigenvalue weighted by atomic mass is 9.92. The Morgan fingerprint density at radius 3 is 2.40 bits per heavy atom. The standard InChI is InChI=1S/C43H48F2N10O5/c1-24(56)52-15-11-35(34(23-52)40(46)54-12-3-4-25-16-31(26-19-47-50(2)20-26)32(39(44)45)18-37(25)54)48-27-9-13-51(14-10-27)29-21-53(22-29)28-5-6-30-33(17-28)43(60)55(42(30)59)36-7-8-38(57)49-41(36)58/h5-6,16-20,27,29,36,39,46,48H,3-4,7-15,21-23H2,1-2H3,(H,49,57,58). The van der Waals surface area contributed by atoms with Gasteiger partial charge in [0.2, 0.25) is 17.7 Å². The van der Waals surface area contributed by atoms with Crippen LogP contribution in [0.4, 0.5) is 20.2 Å². The van der Waals surface area contributed by atoms with Gasteiger partial charge in [0, 0.05) is 118 Å². The van der Waals surface area contributed by atoms with E-state index in [0.29, 0.717) is 54.4 Å². The molecule has 6 aliphatic rings. The van der Waals surface area contributed by atoms with Gasteiger partial charge in [-0.1, -0.05) is 0 Å². The van der Waals surface area contributed by atoms with Crippen LogP contribution in [0.5, 0.6) is 0 Å². The van der Waals surface area contributed by atoms with Gasteiger partial charge in [-0.05, 0) is 73.6 Å². The van der Waals surface area contributed by atoms with Crippen LogP contribution in [-0.2, 0) is 27.9 Å². The fraction of sp³-hybridized carbons (Fsp3) is 0.465. The molecule has 5 amide bonds. The molecule has 15 nitrogen and oxygen atoms in total. The van der Waals surface area contributed by atoms with Crippen LogP contribution in [0.1, 0.15) is 83.7 Å². The number of carbonyl (C=O) groups is 5. The average molecular weight is 823 g/mol. The third-order valence-corrected chi connectivity index (χ3v) is 13.0. The van der Waals surface area contributed by atoms with Crippen LogP contribution in [-0.4, -0.2) is 124 Å². The number of nitrogens with one attached hydrogen (secondary N) is 3. The summed E-state index contributed by atoms with van der Waals surface area (Å²) in [6, 6.07) is 8.05. The number of fused-ring (bicyclic) bond motifs is 2. The van der Waals surface area contributed by atoms with E-state index < -0.39 is 36.1 Å². The number of likely N-dealkylation sites (tertiary alicyclic amines) is 1. The van der Waals surface area contributed by atoms with Crippen LogP contribution in [0.2, 0.25) is 0 Å². The van der Waals surface area contributed by atoms with Crippen LogP contribution in [0.25, 0.3) is 11.1 Å². The average Bonchev–Trinajstić information content (AvgIpc) is 3.76. The van der Waals surface area contributed by atoms with Crippen molar-refractivity contribution >= 4 is 46.7 Å². The third kappa shape index (κ3) is 7.11. The highest BCUT2D eigenvalue weighted by molar-refractivity contribution is 6.23. The molecule has 0 spiro atoms. The Morgan fingerprint density at radius 2 is 1.70 bits per heavy atom. The second-order valence-corrected chi connectivity index (χ2v) is 16.7. The SMILES string of the molecule is CC(=O)N1CCC(NC2CCN(C3CN(c4ccc5c(c4)C(=O)N(C4CCC(=O)NC4=O)C5=O)C3)CC2)=C(C(=N)N2CCCc3cc(-c4cnn(C)c4)c(C(F)F)cc32)C1. The van der Waals surface area contributed by atoms with Crippen molar-refractivity contribution in [2.45, 2.75) is 76.4 Å². The number of amides is 5. The van der Waals surface area contributed by atoms with Crippen molar-refractivity contribution in [3.05, 3.63) is 76.2 Å². The number of anilines is 2. The maximum Gasteiger partial charge on any atom is 0.264 e. The first-order valence-electron chi connectivity index (χ1n) is 20.7. The summed E-state index contributed by atoms with van der Waals surface area (Å²) in [7, 11) is 1.75. The number of aryl methyl sites for hydroxylation is 2. The minimum Gasteiger partial charge on any atom is -0.385 e. The summed E-state index contributed by atoms with van der Waals surface area (Å²) < 4.78 is 30.8. The zero-order valence-corrected chi connectivity index (χ0v) is 33.7. The smallest absolute Gasteiger partial charge is 0.264 e. The van der Waals surface area contributed by atoms with E-state index in [9.17, 15) is 38.2 Å². The lowest BCUT2D eigenvalue weighted by Crippen LogP contribution is -2.61. The number of piperidine rings is 2. The molecule has 1 atom stereocenters. The number of alkyl halides is 2. The summed E-state index contributed by atoms with van der Waals surface area (Å²) in [6.07, 6.45) is 4.57. The number of hydrogen-bond donors (Lipinski definition) is 3. The van der Waals surface area contributed by atoms with Gasteiger partial charge in [-0.15, -0.1) is 0 Å². The predicted octanol–water partition coefficient (Wildman–Crippen LogP) is 3.60. The predicted molar refractivity (Wildman–Crippen MR) is 218 cm³/mol. The van der Waals surface area contributed by atoms with Crippen molar-refractivity contribution < 1.29 is 32.8 Å². The van der Waals surface area contributed by atoms with Crippen molar-refractivity contribution in [3.8, 4) is 11.1 Å². The zero-order chi connectivity index (χ0) is 42.0. The van der Waals surface area contributed by atoms with Crippen LogP contribution < -0.4 is 20.4 Å². The molecule has 0 aliphatic carbocycles. The van der Waals surface area contributed by atoms with Crippen molar-refractivity contribution in [1.82, 2.24) is 35.1 Å². The molecule has 3 fully saturated rings. The van der Waals surface area contributed by atoms with Gasteiger partial charge >= 0.3 is 0 Å². The second-order valence-electron chi connectivity index (χ2n) is 16.7. The molecule has 0 radical (unpaired) electrons. The topological polar surface area (TPSA) is 167 Å². The Bertz CT molecular complexity index is 2350. The van der Waals surface area contributed by atoms with E-state index in [-0.39, 0.29) is 53.9 Å². The van der Waals surface area contributed by atoms with E-state index in [0.717, 1.165) is 67.3 Å². The lowest BCUT2D eigenvalue weighted by Gasteiger charge is -2.49. The number of carbonyl (C=O) groups excluding carboxylic acids is 5. The molecule has 9 rings (SSSR count). The minimum atomic E-state index is -2.71. The van der Waals surface area contributed by atoms with Gasteiger partial charge in [0.15, 0.2) is 0 Å². The minimum absolute atomic E-state index is 0.0680. The summed E-state index contributed by atoms with van der Waals surface area (Å²) in [5.41, 5.74) is 5.50. The van der Waals surface area contributed by atoms with Crippen LogP contribution in [0, 0.1) is 5.41 Å². The van der Waals surface area contributed by atoms with E-state index in [1.165, 1.54) is 13.0 Å². The quantitative estimate of drug-likeness (QED) is 0.174. The highest BCUT2D eigenvalue weighted by Gasteiger charge is 2.45. The highest BCUT2D eigenvalue weighted by Crippen LogP contribution is 2.40. The van der Waals surface area contributed by atoms with Crippen LogP contribution in [0.15, 0.2) is 54.0 Å². The van der Waals surface area contributed by atoms with Gasteiger partial charge < -0.3 is 20.0 Å². The van der Waals surface area contributed by atoms with E-state index >= 15 is 0 Å². The van der Waals surface area contributed by atoms with Gasteiger partial charge in [-0.3, -0.25) is 49.2 Å². The fourth-order valence-corrected chi connectivity index (χ4v) is 9.65. The number of rotatable bonds is 8.